The Balaban J connectivity index is 1.61. The fraction of sp³-hybridized carbons (Fsp3) is 0.278. The molecule has 1 amide bonds. The minimum absolute atomic E-state index is 0.0270. The number of amides is 1. The summed E-state index contributed by atoms with van der Waals surface area (Å²) < 4.78 is 54.9. The van der Waals surface area contributed by atoms with Gasteiger partial charge in [-0.05, 0) is 56.5 Å². The Hall–Kier alpha value is -5.99. The van der Waals surface area contributed by atoms with Crippen molar-refractivity contribution in [2.75, 3.05) is 32.6 Å². The number of benzene rings is 3. The van der Waals surface area contributed by atoms with Crippen LogP contribution >= 0.6 is 0 Å². The van der Waals surface area contributed by atoms with Gasteiger partial charge in [0.05, 0.1) is 31.1 Å². The van der Waals surface area contributed by atoms with E-state index in [2.05, 4.69) is 15.3 Å². The van der Waals surface area contributed by atoms with Gasteiger partial charge in [-0.25, -0.2) is 36.9 Å². The van der Waals surface area contributed by atoms with Crippen molar-refractivity contribution < 1.29 is 32.2 Å². The van der Waals surface area contributed by atoms with Crippen LogP contribution in [0, 0.1) is 17.5 Å². The maximum Gasteiger partial charge on any atom is 0.410 e. The van der Waals surface area contributed by atoms with Crippen molar-refractivity contribution in [3.8, 4) is 16.8 Å². The second-order valence-electron chi connectivity index (χ2n) is 12.6. The van der Waals surface area contributed by atoms with E-state index in [1.165, 1.54) is 24.4 Å². The standard InChI is InChI=1S/C36H35F3N6O6/c1-36(2,3)51-35(49)43(4)14-8-13-41-32-42-33(47)45(34(48)44(32)20-24-16-27(38)28(39)17-26(24)37)29-19-40-18-23-11-7-12-25(30(23)29)21-9-6-10-22(15-21)31(46)50-5/h6-7,9-12,15-19H,8,13-14,20H2,1-5H3,(H,41,42,47). The molecule has 0 radical (unpaired) electrons. The number of carbonyl (C=O) groups is 2. The van der Waals surface area contributed by atoms with Crippen molar-refractivity contribution in [3.63, 3.8) is 0 Å². The average molecular weight is 705 g/mol. The molecule has 0 fully saturated rings. The highest BCUT2D eigenvalue weighted by Crippen LogP contribution is 2.32. The van der Waals surface area contributed by atoms with Crippen molar-refractivity contribution in [1.29, 1.82) is 0 Å². The number of hydrogen-bond donors (Lipinski definition) is 1. The highest BCUT2D eigenvalue weighted by Gasteiger charge is 2.22. The Bertz CT molecular complexity index is 2240. The topological polar surface area (TPSA) is 138 Å². The lowest BCUT2D eigenvalue weighted by atomic mass is 9.97. The molecule has 0 aliphatic heterocycles. The molecule has 2 aromatic heterocycles. The Kier molecular flexibility index (Phi) is 10.6. The van der Waals surface area contributed by atoms with Crippen LogP contribution in [0.1, 0.15) is 43.1 Å². The first kappa shape index (κ1) is 36.3. The molecule has 0 aliphatic rings. The summed E-state index contributed by atoms with van der Waals surface area (Å²) in [5, 5.41) is 3.83. The molecule has 0 bridgehead atoms. The van der Waals surface area contributed by atoms with Gasteiger partial charge in [-0.1, -0.05) is 30.3 Å². The predicted octanol–water partition coefficient (Wildman–Crippen LogP) is 5.53. The molecular formula is C36H35F3N6O6. The van der Waals surface area contributed by atoms with Crippen LogP contribution in [-0.2, 0) is 16.0 Å². The monoisotopic (exact) mass is 704 g/mol. The second-order valence-corrected chi connectivity index (χ2v) is 12.6. The second kappa shape index (κ2) is 14.9. The molecule has 266 valence electrons. The molecule has 0 spiro atoms. The van der Waals surface area contributed by atoms with E-state index < -0.39 is 53.0 Å². The summed E-state index contributed by atoms with van der Waals surface area (Å²) in [7, 11) is 2.81. The third-order valence-corrected chi connectivity index (χ3v) is 7.75. The molecule has 2 heterocycles. The first-order valence-electron chi connectivity index (χ1n) is 15.8. The summed E-state index contributed by atoms with van der Waals surface area (Å²) in [6.07, 6.45) is 2.59. The fourth-order valence-electron chi connectivity index (χ4n) is 5.34. The number of pyridine rings is 1. The SMILES string of the molecule is COC(=O)c1cccc(-c2cccc3cncc(-n4c(=O)nc(NCCCN(C)C(=O)OC(C)(C)C)n(Cc5cc(F)c(F)cc5F)c4=O)c23)c1. The van der Waals surface area contributed by atoms with Gasteiger partial charge >= 0.3 is 23.4 Å². The van der Waals surface area contributed by atoms with Gasteiger partial charge in [0.15, 0.2) is 11.6 Å². The van der Waals surface area contributed by atoms with Crippen LogP contribution in [-0.4, -0.2) is 68.9 Å². The van der Waals surface area contributed by atoms with E-state index >= 15 is 0 Å². The van der Waals surface area contributed by atoms with Crippen LogP contribution in [0.2, 0.25) is 0 Å². The Morgan fingerprint density at radius 3 is 2.41 bits per heavy atom. The highest BCUT2D eigenvalue weighted by atomic mass is 19.2. The van der Waals surface area contributed by atoms with Crippen molar-refractivity contribution in [3.05, 3.63) is 117 Å². The maximum atomic E-state index is 14.9. The van der Waals surface area contributed by atoms with Gasteiger partial charge < -0.3 is 19.7 Å². The summed E-state index contributed by atoms with van der Waals surface area (Å²) in [5.41, 5.74) is -1.68. The minimum atomic E-state index is -1.41. The average Bonchev–Trinajstić information content (AvgIpc) is 3.08. The molecule has 0 saturated heterocycles. The Morgan fingerprint density at radius 2 is 1.69 bits per heavy atom. The number of anilines is 1. The number of rotatable bonds is 10. The molecule has 1 N–H and O–H groups in total. The first-order valence-corrected chi connectivity index (χ1v) is 15.8. The first-order chi connectivity index (χ1) is 24.2. The number of carbonyl (C=O) groups excluding carboxylic acids is 2. The van der Waals surface area contributed by atoms with Gasteiger partial charge in [0, 0.05) is 48.7 Å². The largest absolute Gasteiger partial charge is 0.465 e. The smallest absolute Gasteiger partial charge is 0.410 e. The number of fused-ring (bicyclic) bond motifs is 1. The zero-order valence-corrected chi connectivity index (χ0v) is 28.5. The Morgan fingerprint density at radius 1 is 0.961 bits per heavy atom. The van der Waals surface area contributed by atoms with Crippen LogP contribution in [0.25, 0.3) is 27.6 Å². The van der Waals surface area contributed by atoms with Gasteiger partial charge in [0.25, 0.3) is 0 Å². The molecule has 12 nitrogen and oxygen atoms in total. The number of methoxy groups -OCH3 is 1. The summed E-state index contributed by atoms with van der Waals surface area (Å²) >= 11 is 0. The molecular weight excluding hydrogens is 669 g/mol. The van der Waals surface area contributed by atoms with E-state index in [0.29, 0.717) is 40.5 Å². The van der Waals surface area contributed by atoms with Crippen LogP contribution in [0.4, 0.5) is 23.9 Å². The Labute approximate surface area is 290 Å². The maximum absolute atomic E-state index is 14.9. The van der Waals surface area contributed by atoms with Gasteiger partial charge in [-0.2, -0.15) is 4.98 Å². The molecule has 3 aromatic carbocycles. The quantitative estimate of drug-likeness (QED) is 0.113. The molecule has 0 aliphatic carbocycles. The van der Waals surface area contributed by atoms with Gasteiger partial charge in [-0.15, -0.1) is 0 Å². The number of esters is 1. The molecule has 0 atom stereocenters. The third-order valence-electron chi connectivity index (χ3n) is 7.75. The van der Waals surface area contributed by atoms with Crippen molar-refractivity contribution >= 4 is 28.8 Å². The molecule has 0 saturated carbocycles. The van der Waals surface area contributed by atoms with Crippen molar-refractivity contribution in [2.45, 2.75) is 39.3 Å². The van der Waals surface area contributed by atoms with E-state index in [4.69, 9.17) is 9.47 Å². The summed E-state index contributed by atoms with van der Waals surface area (Å²) in [6, 6.07) is 12.8. The number of hydrogen-bond acceptors (Lipinski definition) is 9. The summed E-state index contributed by atoms with van der Waals surface area (Å²) in [4.78, 5) is 62.4. The molecule has 5 rings (SSSR count). The highest BCUT2D eigenvalue weighted by molar-refractivity contribution is 6.02. The van der Waals surface area contributed by atoms with E-state index in [-0.39, 0.29) is 35.9 Å². The lowest BCUT2D eigenvalue weighted by Gasteiger charge is -2.24. The molecule has 15 heteroatoms. The lowest BCUT2D eigenvalue weighted by molar-refractivity contribution is 0.0298. The van der Waals surface area contributed by atoms with E-state index in [1.54, 1.807) is 70.3 Å². The molecule has 51 heavy (non-hydrogen) atoms. The van der Waals surface area contributed by atoms with Crippen molar-refractivity contribution in [1.82, 2.24) is 24.0 Å². The number of ether oxygens (including phenoxy) is 2. The van der Waals surface area contributed by atoms with Crippen LogP contribution in [0.3, 0.4) is 0 Å². The molecule has 5 aromatic rings. The number of nitrogens with zero attached hydrogens (tertiary/aromatic N) is 5. The normalized spacial score (nSPS) is 11.4. The summed E-state index contributed by atoms with van der Waals surface area (Å²) in [6.45, 7) is 4.90. The number of nitrogens with one attached hydrogen (secondary N) is 1. The number of aromatic nitrogens is 4. The lowest BCUT2D eigenvalue weighted by Crippen LogP contribution is -2.42. The van der Waals surface area contributed by atoms with Gasteiger partial charge in [-0.3, -0.25) is 9.55 Å². The zero-order valence-electron chi connectivity index (χ0n) is 28.5. The fourth-order valence-corrected chi connectivity index (χ4v) is 5.34. The van der Waals surface area contributed by atoms with E-state index in [0.717, 1.165) is 9.13 Å². The van der Waals surface area contributed by atoms with E-state index in [1.807, 2.05) is 0 Å². The van der Waals surface area contributed by atoms with Crippen molar-refractivity contribution in [2.24, 2.45) is 0 Å². The van der Waals surface area contributed by atoms with Crippen LogP contribution in [0.15, 0.2) is 76.6 Å². The zero-order chi connectivity index (χ0) is 37.0. The van der Waals surface area contributed by atoms with Crippen LogP contribution < -0.4 is 16.7 Å². The van der Waals surface area contributed by atoms with Crippen LogP contribution in [0.5, 0.6) is 0 Å². The summed E-state index contributed by atoms with van der Waals surface area (Å²) in [5.74, 6) is -4.71. The third kappa shape index (κ3) is 8.09. The van der Waals surface area contributed by atoms with Gasteiger partial charge in [0.2, 0.25) is 5.95 Å². The van der Waals surface area contributed by atoms with E-state index in [9.17, 15) is 32.3 Å². The predicted molar refractivity (Wildman–Crippen MR) is 184 cm³/mol. The van der Waals surface area contributed by atoms with Gasteiger partial charge in [0.1, 0.15) is 11.4 Å². The number of halogens is 3. The minimum Gasteiger partial charge on any atom is -0.465 e. The molecule has 0 unspecified atom stereocenters.